The number of morpholine rings is 1. The number of hydrogen-bond acceptors (Lipinski definition) is 17. The maximum absolute atomic E-state index is 13.2. The monoisotopic (exact) mass is 1200 g/mol. The van der Waals surface area contributed by atoms with E-state index in [0.717, 1.165) is 76.9 Å². The van der Waals surface area contributed by atoms with Crippen molar-refractivity contribution in [1.82, 2.24) is 67.9 Å². The summed E-state index contributed by atoms with van der Waals surface area (Å²) in [6.07, 6.45) is 8.79. The van der Waals surface area contributed by atoms with Gasteiger partial charge in [0.25, 0.3) is 0 Å². The van der Waals surface area contributed by atoms with Crippen molar-refractivity contribution in [3.8, 4) is 11.5 Å². The Hall–Kier alpha value is -8.87. The predicted octanol–water partition coefficient (Wildman–Crippen LogP) is 9.17. The largest absolute Gasteiger partial charge is 0.497 e. The van der Waals surface area contributed by atoms with Gasteiger partial charge in [0.15, 0.2) is 17.1 Å². The summed E-state index contributed by atoms with van der Waals surface area (Å²) in [5, 5.41) is 14.6. The molecule has 3 aliphatic rings. The number of pyridine rings is 1. The van der Waals surface area contributed by atoms with Gasteiger partial charge >= 0.3 is 17.4 Å². The Morgan fingerprint density at radius 3 is 1.95 bits per heavy atom. The molecule has 2 atom stereocenters. The van der Waals surface area contributed by atoms with E-state index in [2.05, 4.69) is 90.4 Å². The fourth-order valence-corrected chi connectivity index (χ4v) is 13.5. The van der Waals surface area contributed by atoms with Crippen LogP contribution in [0.2, 0.25) is 5.02 Å². The van der Waals surface area contributed by atoms with E-state index in [-0.39, 0.29) is 40.1 Å². The molecule has 10 heterocycles. The van der Waals surface area contributed by atoms with Crippen molar-refractivity contribution in [3.05, 3.63) is 216 Å². The molecule has 14 rings (SSSR count). The van der Waals surface area contributed by atoms with Gasteiger partial charge in [-0.2, -0.15) is 29.0 Å². The van der Waals surface area contributed by atoms with Crippen molar-refractivity contribution in [3.63, 3.8) is 0 Å². The van der Waals surface area contributed by atoms with Gasteiger partial charge in [-0.15, -0.1) is 23.1 Å². The van der Waals surface area contributed by atoms with Crippen LogP contribution in [0.15, 0.2) is 161 Å². The number of benzene rings is 4. The molecule has 0 spiro atoms. The van der Waals surface area contributed by atoms with Crippen molar-refractivity contribution < 1.29 is 23.8 Å². The van der Waals surface area contributed by atoms with Gasteiger partial charge < -0.3 is 19.1 Å². The summed E-state index contributed by atoms with van der Waals surface area (Å²) in [7, 11) is 3.24. The molecule has 21 nitrogen and oxygen atoms in total. The topological polar surface area (TPSA) is 216 Å². The van der Waals surface area contributed by atoms with E-state index < -0.39 is 0 Å². The highest BCUT2D eigenvalue weighted by atomic mass is 35.5. The van der Waals surface area contributed by atoms with Gasteiger partial charge in [-0.1, -0.05) is 84.4 Å². The number of thiophene rings is 1. The average Bonchev–Trinajstić information content (AvgIpc) is 2.81. The third-order valence-electron chi connectivity index (χ3n) is 14.9. The minimum Gasteiger partial charge on any atom is -0.497 e. The van der Waals surface area contributed by atoms with Crippen LogP contribution in [0.25, 0.3) is 32.5 Å². The fraction of sp³-hybridized carbons (Fsp3) is 0.262. The first kappa shape index (κ1) is 56.6. The van der Waals surface area contributed by atoms with Crippen molar-refractivity contribution in [2.24, 2.45) is 0 Å². The standard InChI is InChI=1S/C22H25N5O3S.C21H17ClN4OS.C18H15N5O3/c1-22(2)13-25(8-9-30-22)12-17-10-18-19-23-14-24-27(19)21(28)26(20(18)31-17)11-15-4-6-16(29-3)7-5-15;22-16-8-6-15(7-9-16)12-25-20-18(19-23-13-24-26(19)21(25)27)11-17(28-20)10-14-4-2-1-3-5-14;1-11(24)13-7-15-16(19-8-13)22(18(25)23-17(15)20-10-21-23)9-12-3-5-14(26-2)6-4-12/h4-7,10,14H,8-9,11-13H2,1-3H3;1-9,11,13,18,20H,10,12H2;3-8,10H,9H2,1-2H3. The number of Topliss-reactive ketones (excluding diaryl/α,β-unsaturated/α-hetero) is 1. The number of halogens is 1. The molecule has 1 saturated heterocycles. The number of carbonyl (C=O) groups excluding carboxylic acids is 2. The van der Waals surface area contributed by atoms with Gasteiger partial charge in [-0.25, -0.2) is 34.3 Å². The summed E-state index contributed by atoms with van der Waals surface area (Å²) in [4.78, 5) is 75.7. The smallest absolute Gasteiger partial charge is 0.352 e. The molecule has 0 saturated carbocycles. The Bertz CT molecular complexity index is 4420. The second-order valence-corrected chi connectivity index (χ2v) is 24.0. The molecule has 7 aromatic heterocycles. The summed E-state index contributed by atoms with van der Waals surface area (Å²) in [5.41, 5.74) is 5.45. The van der Waals surface area contributed by atoms with E-state index in [1.807, 2.05) is 83.8 Å². The number of nitrogens with zero attached hydrogens (tertiary/aromatic N) is 14. The minimum absolute atomic E-state index is 0.0152. The summed E-state index contributed by atoms with van der Waals surface area (Å²) in [5.74, 6) is 2.18. The van der Waals surface area contributed by atoms with Crippen molar-refractivity contribution in [2.75, 3.05) is 33.9 Å². The van der Waals surface area contributed by atoms with Crippen LogP contribution in [-0.2, 0) is 37.3 Å². The normalized spacial score (nSPS) is 16.4. The molecule has 2 unspecified atom stereocenters. The molecule has 3 aliphatic heterocycles. The first-order valence-corrected chi connectivity index (χ1v) is 29.3. The number of allylic oxidation sites excluding steroid dienone is 1. The van der Waals surface area contributed by atoms with Crippen LogP contribution in [0.5, 0.6) is 11.5 Å². The fourth-order valence-electron chi connectivity index (χ4n) is 10.7. The van der Waals surface area contributed by atoms with Crippen molar-refractivity contribution >= 4 is 79.1 Å². The number of aromatic nitrogens is 12. The summed E-state index contributed by atoms with van der Waals surface area (Å²) < 4.78 is 23.6. The zero-order valence-electron chi connectivity index (χ0n) is 47.0. The van der Waals surface area contributed by atoms with Crippen LogP contribution in [0.3, 0.4) is 0 Å². The zero-order chi connectivity index (χ0) is 58.9. The molecule has 11 aromatic rings. The van der Waals surface area contributed by atoms with E-state index >= 15 is 0 Å². The summed E-state index contributed by atoms with van der Waals surface area (Å²) >= 11 is 9.41. The maximum Gasteiger partial charge on any atom is 0.352 e. The first-order chi connectivity index (χ1) is 41.2. The van der Waals surface area contributed by atoms with Gasteiger partial charge in [0.1, 0.15) is 46.8 Å². The third-order valence-corrected chi connectivity index (χ3v) is 17.6. The molecule has 85 heavy (non-hydrogen) atoms. The second-order valence-electron chi connectivity index (χ2n) is 21.2. The number of fused-ring (bicyclic) bond motifs is 9. The van der Waals surface area contributed by atoms with Gasteiger partial charge in [0, 0.05) is 54.3 Å². The zero-order valence-corrected chi connectivity index (χ0v) is 49.4. The van der Waals surface area contributed by atoms with Gasteiger partial charge in [0.05, 0.1) is 61.6 Å². The quantitative estimate of drug-likeness (QED) is 0.0983. The van der Waals surface area contributed by atoms with E-state index in [4.69, 9.17) is 25.8 Å². The van der Waals surface area contributed by atoms with Crippen LogP contribution >= 0.6 is 34.7 Å². The van der Waals surface area contributed by atoms with E-state index in [9.17, 15) is 19.2 Å². The number of ketones is 1. The molecule has 0 N–H and O–H groups in total. The lowest BCUT2D eigenvalue weighted by Crippen LogP contribution is -2.48. The number of ether oxygens (including phenoxy) is 3. The maximum atomic E-state index is 13.2. The molecule has 1 amide bonds. The molecule has 1 fully saturated rings. The van der Waals surface area contributed by atoms with E-state index in [1.165, 1.54) is 65.7 Å². The molecule has 24 heteroatoms. The highest BCUT2D eigenvalue weighted by molar-refractivity contribution is 8.03. The highest BCUT2D eigenvalue weighted by Crippen LogP contribution is 2.47. The first-order valence-electron chi connectivity index (χ1n) is 27.3. The SMILES string of the molecule is COc1ccc(Cn2c(=O)n3ncnc3c3cc(C(C)=O)cnc32)cc1.COc1ccc(Cn2c(=O)n3ncnc3c3cc(CN4CCOC(C)(C)C4)sc32)cc1.O=C1N(Cc2ccc(Cl)cc2)C2SC(Cc3ccccc3)=CC2c2ncnn21. The number of hydrogen-bond donors (Lipinski definition) is 0. The Labute approximate surface area is 499 Å². The molecular weight excluding hydrogens is 1140 g/mol. The van der Waals surface area contributed by atoms with Gasteiger partial charge in [-0.3, -0.25) is 18.8 Å². The van der Waals surface area contributed by atoms with Gasteiger partial charge in [-0.05, 0) is 96.5 Å². The number of carbonyl (C=O) groups is 2. The summed E-state index contributed by atoms with van der Waals surface area (Å²) in [6.45, 7) is 10.3. The number of rotatable bonds is 13. The number of amides is 1. The number of thioether (sulfide) groups is 1. The third kappa shape index (κ3) is 11.9. The van der Waals surface area contributed by atoms with Crippen LogP contribution in [-0.4, -0.2) is 125 Å². The van der Waals surface area contributed by atoms with Crippen LogP contribution in [0.1, 0.15) is 70.0 Å². The Morgan fingerprint density at radius 1 is 0.694 bits per heavy atom. The van der Waals surface area contributed by atoms with E-state index in [0.29, 0.717) is 52.5 Å². The molecule has 0 radical (unpaired) electrons. The average molecular weight is 1200 g/mol. The van der Waals surface area contributed by atoms with Crippen molar-refractivity contribution in [2.45, 2.75) is 70.3 Å². The molecular formula is C61H57ClN14O7S2. The Morgan fingerprint density at radius 2 is 1.31 bits per heavy atom. The van der Waals surface area contributed by atoms with Crippen LogP contribution in [0, 0.1) is 0 Å². The summed E-state index contributed by atoms with van der Waals surface area (Å²) in [6, 6.07) is 36.9. The second kappa shape index (κ2) is 24.0. The minimum atomic E-state index is -0.344. The predicted molar refractivity (Wildman–Crippen MR) is 325 cm³/mol. The number of methoxy groups -OCH3 is 2. The molecule has 4 aromatic carbocycles. The lowest BCUT2D eigenvalue weighted by atomic mass is 10.0. The molecule has 0 bridgehead atoms. The van der Waals surface area contributed by atoms with Crippen LogP contribution < -0.4 is 20.9 Å². The lowest BCUT2D eigenvalue weighted by Gasteiger charge is -2.37. The Kier molecular flexibility index (Phi) is 16.0. The highest BCUT2D eigenvalue weighted by Gasteiger charge is 2.45. The van der Waals surface area contributed by atoms with Crippen LogP contribution in [0.4, 0.5) is 4.79 Å². The van der Waals surface area contributed by atoms with Crippen molar-refractivity contribution in [1.29, 1.82) is 0 Å². The molecule has 0 aliphatic carbocycles. The van der Waals surface area contributed by atoms with E-state index in [1.54, 1.807) is 48.0 Å². The Balaban J connectivity index is 0.000000126. The molecule has 432 valence electrons. The van der Waals surface area contributed by atoms with Gasteiger partial charge in [0.2, 0.25) is 0 Å². The lowest BCUT2D eigenvalue weighted by molar-refractivity contribution is -0.0880.